The Bertz CT molecular complexity index is 560. The molecule has 0 aliphatic carbocycles. The van der Waals surface area contributed by atoms with E-state index >= 15 is 0 Å². The van der Waals surface area contributed by atoms with Crippen LogP contribution in [-0.4, -0.2) is 10.1 Å². The van der Waals surface area contributed by atoms with Gasteiger partial charge in [-0.15, -0.1) is 24.3 Å². The van der Waals surface area contributed by atoms with Gasteiger partial charge in [-0.05, 0) is 29.8 Å². The molecule has 0 saturated carbocycles. The number of nitrogens with two attached hydrogens (primary N) is 1. The molecule has 3 N–H and O–H groups in total. The number of phenolic OH excluding ortho intramolecular Hbond substituents is 1. The summed E-state index contributed by atoms with van der Waals surface area (Å²) in [6.07, 6.45) is 1.68. The molecule has 6 heteroatoms. The molecule has 1 aromatic heterocycles. The third-order valence-electron chi connectivity index (χ3n) is 2.26. The van der Waals surface area contributed by atoms with Crippen molar-refractivity contribution in [3.05, 3.63) is 30.5 Å². The van der Waals surface area contributed by atoms with Crippen LogP contribution in [0.1, 0.15) is 0 Å². The largest absolute Gasteiger partial charge is 0.508 e. The molecule has 1 heterocycles. The lowest BCUT2D eigenvalue weighted by Gasteiger charge is -2.10. The van der Waals surface area contributed by atoms with Crippen molar-refractivity contribution in [3.8, 4) is 16.9 Å². The third kappa shape index (κ3) is 2.65. The van der Waals surface area contributed by atoms with Crippen LogP contribution in [0.15, 0.2) is 40.3 Å². The smallest absolute Gasteiger partial charge is 0.124 e. The van der Waals surface area contributed by atoms with Crippen LogP contribution in [0.25, 0.3) is 11.1 Å². The van der Waals surface area contributed by atoms with Crippen LogP contribution in [-0.2, 0) is 0 Å². The fourth-order valence-electron chi connectivity index (χ4n) is 1.48. The van der Waals surface area contributed by atoms with Gasteiger partial charge in [-0.1, -0.05) is 10.8 Å². The molecule has 2 aromatic rings. The fourth-order valence-corrected chi connectivity index (χ4v) is 2.69. The molecule has 0 fully saturated rings. The second-order valence-corrected chi connectivity index (χ2v) is 5.05. The normalized spacial score (nSPS) is 10.5. The molecule has 88 valence electrons. The fraction of sp³-hybridized carbons (Fsp3) is 0. The molecule has 2 rings (SSSR count). The molecular weight excluding hydrogens is 272 g/mol. The monoisotopic (exact) mass is 282 g/mol. The second kappa shape index (κ2) is 5.12. The maximum Gasteiger partial charge on any atom is 0.124 e. The topological polar surface area (TPSA) is 59.1 Å². The maximum absolute atomic E-state index is 9.35. The highest BCUT2D eigenvalue weighted by Crippen LogP contribution is 2.37. The van der Waals surface area contributed by atoms with E-state index in [9.17, 15) is 5.11 Å². The van der Waals surface area contributed by atoms with Crippen LogP contribution in [0, 0.1) is 0 Å². The lowest BCUT2D eigenvalue weighted by molar-refractivity contribution is 0.474. The first kappa shape index (κ1) is 12.5. The van der Waals surface area contributed by atoms with Crippen molar-refractivity contribution >= 4 is 40.9 Å². The molecule has 3 nitrogen and oxygen atoms in total. The first-order chi connectivity index (χ1) is 8.11. The van der Waals surface area contributed by atoms with E-state index in [1.807, 2.05) is 0 Å². The molecule has 0 unspecified atom stereocenters. The zero-order valence-electron chi connectivity index (χ0n) is 8.66. The van der Waals surface area contributed by atoms with E-state index in [0.29, 0.717) is 10.7 Å². The van der Waals surface area contributed by atoms with Gasteiger partial charge >= 0.3 is 0 Å². The van der Waals surface area contributed by atoms with Crippen LogP contribution in [0.2, 0.25) is 0 Å². The summed E-state index contributed by atoms with van der Waals surface area (Å²) in [4.78, 5) is 5.65. The minimum Gasteiger partial charge on any atom is -0.508 e. The van der Waals surface area contributed by atoms with Crippen molar-refractivity contribution in [2.45, 2.75) is 9.79 Å². The number of nitrogens with zero attached hydrogens (tertiary/aromatic N) is 1. The third-order valence-corrected chi connectivity index (χ3v) is 3.75. The van der Waals surface area contributed by atoms with E-state index in [0.717, 1.165) is 16.0 Å². The van der Waals surface area contributed by atoms with Crippen molar-refractivity contribution < 1.29 is 5.11 Å². The number of rotatable bonds is 2. The number of hydrogen-bond donors (Lipinski definition) is 4. The van der Waals surface area contributed by atoms with Gasteiger partial charge in [-0.25, -0.2) is 4.98 Å². The number of thiol groups is 2. The van der Waals surface area contributed by atoms with Gasteiger partial charge in [0.1, 0.15) is 11.6 Å². The van der Waals surface area contributed by atoms with E-state index in [1.54, 1.807) is 30.5 Å². The van der Waals surface area contributed by atoms with Gasteiger partial charge < -0.3 is 10.8 Å². The van der Waals surface area contributed by atoms with Crippen LogP contribution >= 0.6 is 35.1 Å². The predicted octanol–water partition coefficient (Wildman–Crippen LogP) is 3.26. The highest BCUT2D eigenvalue weighted by atomic mass is 33.1. The van der Waals surface area contributed by atoms with Crippen LogP contribution < -0.4 is 5.73 Å². The zero-order chi connectivity index (χ0) is 12.4. The Morgan fingerprint density at radius 3 is 2.65 bits per heavy atom. The summed E-state index contributed by atoms with van der Waals surface area (Å²) in [5.41, 5.74) is 7.40. The van der Waals surface area contributed by atoms with E-state index in [2.05, 4.69) is 29.3 Å². The number of nitrogen functional groups attached to an aromatic ring is 1. The number of anilines is 1. The Balaban J connectivity index is 2.60. The van der Waals surface area contributed by atoms with Gasteiger partial charge in [0.05, 0.1) is 0 Å². The average Bonchev–Trinajstić information content (AvgIpc) is 2.30. The first-order valence-corrected chi connectivity index (χ1v) is 7.02. The molecule has 0 amide bonds. The standard InChI is InChI=1S/C11H10N2OS3/c12-11-4-10(17-16)8(5-13-11)7-2-1-6(14)3-9(7)15/h1-5,14-16H,(H2,12,13). The Hall–Kier alpha value is -0.980. The zero-order valence-corrected chi connectivity index (χ0v) is 11.3. The minimum absolute atomic E-state index is 0.183. The lowest BCUT2D eigenvalue weighted by Crippen LogP contribution is -1.92. The number of aromatic nitrogens is 1. The van der Waals surface area contributed by atoms with Crippen molar-refractivity contribution in [1.29, 1.82) is 0 Å². The molecule has 0 radical (unpaired) electrons. The molecule has 0 bridgehead atoms. The lowest BCUT2D eigenvalue weighted by atomic mass is 10.1. The number of aromatic hydroxyl groups is 1. The molecule has 0 atom stereocenters. The number of hydrogen-bond acceptors (Lipinski definition) is 6. The maximum atomic E-state index is 9.35. The molecule has 0 aliphatic heterocycles. The van der Waals surface area contributed by atoms with E-state index < -0.39 is 0 Å². The molecule has 1 aromatic carbocycles. The van der Waals surface area contributed by atoms with Crippen LogP contribution in [0.3, 0.4) is 0 Å². The Kier molecular flexibility index (Phi) is 3.76. The highest BCUT2D eigenvalue weighted by Gasteiger charge is 2.09. The quantitative estimate of drug-likeness (QED) is 0.504. The molecule has 17 heavy (non-hydrogen) atoms. The average molecular weight is 282 g/mol. The van der Waals surface area contributed by atoms with Crippen molar-refractivity contribution in [1.82, 2.24) is 4.98 Å². The first-order valence-electron chi connectivity index (χ1n) is 4.71. The highest BCUT2D eigenvalue weighted by molar-refractivity contribution is 8.68. The summed E-state index contributed by atoms with van der Waals surface area (Å²) < 4.78 is 0. The van der Waals surface area contributed by atoms with Gasteiger partial charge in [0.25, 0.3) is 0 Å². The number of phenols is 1. The van der Waals surface area contributed by atoms with Crippen molar-refractivity contribution in [2.24, 2.45) is 0 Å². The van der Waals surface area contributed by atoms with Crippen LogP contribution in [0.4, 0.5) is 5.82 Å². The van der Waals surface area contributed by atoms with Gasteiger partial charge in [-0.2, -0.15) is 0 Å². The Morgan fingerprint density at radius 1 is 1.24 bits per heavy atom. The van der Waals surface area contributed by atoms with Gasteiger partial charge in [-0.3, -0.25) is 0 Å². The SMILES string of the molecule is Nc1cc(SS)c(-c2ccc(O)cc2S)cn1. The summed E-state index contributed by atoms with van der Waals surface area (Å²) >= 11 is 8.53. The van der Waals surface area contributed by atoms with E-state index in [4.69, 9.17) is 5.73 Å². The summed E-state index contributed by atoms with van der Waals surface area (Å²) in [7, 11) is 1.30. The Morgan fingerprint density at radius 2 is 2.00 bits per heavy atom. The summed E-state index contributed by atoms with van der Waals surface area (Å²) in [6, 6.07) is 6.74. The van der Waals surface area contributed by atoms with Gasteiger partial charge in [0, 0.05) is 21.6 Å². The van der Waals surface area contributed by atoms with Gasteiger partial charge in [0.15, 0.2) is 0 Å². The van der Waals surface area contributed by atoms with Crippen molar-refractivity contribution in [2.75, 3.05) is 5.73 Å². The minimum atomic E-state index is 0.183. The number of pyridine rings is 1. The second-order valence-electron chi connectivity index (χ2n) is 3.40. The van der Waals surface area contributed by atoms with E-state index in [-0.39, 0.29) is 5.75 Å². The predicted molar refractivity (Wildman–Crippen MR) is 77.8 cm³/mol. The summed E-state index contributed by atoms with van der Waals surface area (Å²) in [5, 5.41) is 9.35. The molecule has 0 aliphatic rings. The molecule has 0 spiro atoms. The summed E-state index contributed by atoms with van der Waals surface area (Å²) in [5.74, 6) is 0.632. The Labute approximate surface area is 114 Å². The molecular formula is C11H10N2OS3. The van der Waals surface area contributed by atoms with Gasteiger partial charge in [0.2, 0.25) is 0 Å². The van der Waals surface area contributed by atoms with E-state index in [1.165, 1.54) is 10.8 Å². The summed E-state index contributed by atoms with van der Waals surface area (Å²) in [6.45, 7) is 0. The number of benzene rings is 1. The van der Waals surface area contributed by atoms with Crippen LogP contribution in [0.5, 0.6) is 5.75 Å². The van der Waals surface area contributed by atoms with Crippen molar-refractivity contribution in [3.63, 3.8) is 0 Å². The molecule has 0 saturated heterocycles.